The number of fused-ring (bicyclic) bond motifs is 1. The molecular weight excluding hydrogens is 478 g/mol. The van der Waals surface area contributed by atoms with Crippen molar-refractivity contribution in [3.63, 3.8) is 0 Å². The van der Waals surface area contributed by atoms with Gasteiger partial charge in [0.1, 0.15) is 17.1 Å². The summed E-state index contributed by atoms with van der Waals surface area (Å²) in [5, 5.41) is 15.7. The molecule has 5 N–H and O–H groups in total. The number of phenolic OH excluding ortho intramolecular Hbond substituents is 1. The molecule has 1 aliphatic heterocycles. The van der Waals surface area contributed by atoms with E-state index in [4.69, 9.17) is 5.90 Å². The fourth-order valence-electron chi connectivity index (χ4n) is 4.44. The maximum absolute atomic E-state index is 12.4. The lowest BCUT2D eigenvalue weighted by molar-refractivity contribution is -0.135. The number of carbonyl (C=O) groups excluding carboxylic acids is 2. The van der Waals surface area contributed by atoms with Gasteiger partial charge in [0, 0.05) is 61.0 Å². The molecule has 0 unspecified atom stereocenters. The summed E-state index contributed by atoms with van der Waals surface area (Å²) in [5.41, 5.74) is 3.36. The number of hydrogen-bond acceptors (Lipinski definition) is 6. The zero-order valence-corrected chi connectivity index (χ0v) is 23.3. The maximum atomic E-state index is 12.4. The summed E-state index contributed by atoms with van der Waals surface area (Å²) in [7, 11) is 0. The molecule has 0 atom stereocenters. The molecule has 1 aromatic carbocycles. The van der Waals surface area contributed by atoms with Crippen LogP contribution in [0.15, 0.2) is 17.2 Å². The van der Waals surface area contributed by atoms with Crippen LogP contribution in [0, 0.1) is 5.41 Å². The molecule has 36 heavy (non-hydrogen) atoms. The van der Waals surface area contributed by atoms with Crippen molar-refractivity contribution in [2.75, 3.05) is 39.3 Å². The molecule has 10 heteroatoms. The van der Waals surface area contributed by atoms with Gasteiger partial charge in [-0.2, -0.15) is 0 Å². The lowest BCUT2D eigenvalue weighted by Gasteiger charge is -2.35. The quantitative estimate of drug-likeness (QED) is 0.240. The van der Waals surface area contributed by atoms with Crippen LogP contribution >= 0.6 is 0 Å². The summed E-state index contributed by atoms with van der Waals surface area (Å²) >= 11 is 1.23. The van der Waals surface area contributed by atoms with Crippen molar-refractivity contribution in [1.82, 2.24) is 20.1 Å². The number of aromatic nitrogens is 1. The standard InChI is InChI=1S/C26H41N5O4S/c1-25(2,3)13-18-17-7-8-20(32)19(23(17)29-24(18)36-26(4,5)6)15-30-9-11-31(12-10-30)22(34)14-28-21(33)16-35-27/h7-8,29,32H,9-16,27H2,1-6H3,(H,28,33)/p+1. The number of hydrogen-bond donors (Lipinski definition) is 4. The fraction of sp³-hybridized carbons (Fsp3) is 0.615. The predicted octanol–water partition coefficient (Wildman–Crippen LogP) is 2.09. The molecule has 0 saturated carbocycles. The van der Waals surface area contributed by atoms with Crippen LogP contribution in [0.5, 0.6) is 5.75 Å². The van der Waals surface area contributed by atoms with Crippen LogP contribution in [-0.2, 0) is 39.2 Å². The summed E-state index contributed by atoms with van der Waals surface area (Å²) in [6, 6.07) is 3.84. The number of nitrogens with one attached hydrogen (secondary N) is 2. The molecule has 0 bridgehead atoms. The summed E-state index contributed by atoms with van der Waals surface area (Å²) in [6.45, 7) is 16.2. The van der Waals surface area contributed by atoms with Crippen LogP contribution in [0.3, 0.4) is 0 Å². The highest BCUT2D eigenvalue weighted by Crippen LogP contribution is 2.37. The Morgan fingerprint density at radius 3 is 2.36 bits per heavy atom. The van der Waals surface area contributed by atoms with Crippen molar-refractivity contribution >= 4 is 34.5 Å². The van der Waals surface area contributed by atoms with Crippen molar-refractivity contribution in [3.05, 3.63) is 23.3 Å². The Morgan fingerprint density at radius 2 is 1.78 bits per heavy atom. The minimum Gasteiger partial charge on any atom is -0.508 e. The van der Waals surface area contributed by atoms with Crippen LogP contribution in [0.4, 0.5) is 0 Å². The molecule has 1 aromatic heterocycles. The van der Waals surface area contributed by atoms with Crippen LogP contribution in [-0.4, -0.2) is 75.8 Å². The van der Waals surface area contributed by atoms with Gasteiger partial charge in [0.2, 0.25) is 16.8 Å². The van der Waals surface area contributed by atoms with Gasteiger partial charge in [-0.3, -0.25) is 19.3 Å². The second-order valence-corrected chi connectivity index (χ2v) is 13.7. The van der Waals surface area contributed by atoms with E-state index in [9.17, 15) is 14.7 Å². The van der Waals surface area contributed by atoms with E-state index in [-0.39, 0.29) is 35.0 Å². The average molecular weight is 521 g/mol. The van der Waals surface area contributed by atoms with Gasteiger partial charge in [-0.05, 0) is 44.7 Å². The molecule has 2 heterocycles. The van der Waals surface area contributed by atoms with Gasteiger partial charge >= 0.3 is 0 Å². The first kappa shape index (κ1) is 28.3. The first-order chi connectivity index (χ1) is 16.8. The second-order valence-electron chi connectivity index (χ2n) is 11.7. The van der Waals surface area contributed by atoms with E-state index >= 15 is 0 Å². The van der Waals surface area contributed by atoms with Gasteiger partial charge < -0.3 is 20.3 Å². The van der Waals surface area contributed by atoms with E-state index in [0.717, 1.165) is 17.5 Å². The zero-order valence-electron chi connectivity index (χ0n) is 22.4. The first-order valence-corrected chi connectivity index (χ1v) is 13.3. The van der Waals surface area contributed by atoms with Crippen molar-refractivity contribution < 1.29 is 19.5 Å². The van der Waals surface area contributed by atoms with Crippen LogP contribution < -0.4 is 11.2 Å². The smallest absolute Gasteiger partial charge is 0.248 e. The molecule has 3 rings (SSSR count). The number of carbonyl (C=O) groups is 2. The summed E-state index contributed by atoms with van der Waals surface area (Å²) in [6.07, 6.45) is 0.949. The van der Waals surface area contributed by atoms with Gasteiger partial charge in [-0.25, -0.2) is 5.90 Å². The summed E-state index contributed by atoms with van der Waals surface area (Å²) in [4.78, 5) is 35.9. The molecule has 2 aromatic rings. The van der Waals surface area contributed by atoms with Crippen LogP contribution in [0.25, 0.3) is 10.9 Å². The van der Waals surface area contributed by atoms with Crippen LogP contribution in [0.1, 0.15) is 52.7 Å². The number of nitrogens with two attached hydrogens (primary N) is 1. The molecule has 200 valence electrons. The Labute approximate surface area is 218 Å². The molecule has 9 nitrogen and oxygen atoms in total. The van der Waals surface area contributed by atoms with E-state index in [1.54, 1.807) is 4.90 Å². The molecule has 0 radical (unpaired) electrons. The molecule has 1 aliphatic rings. The molecule has 1 saturated heterocycles. The SMILES string of the molecule is CC(C)(C)Cc1c([SH+]C(C)(C)C)[nH]c2c(CN3CCN(C(=O)CNC(=O)CON)CC3)c(O)ccc12. The number of piperazine rings is 1. The first-order valence-electron chi connectivity index (χ1n) is 12.4. The van der Waals surface area contributed by atoms with Gasteiger partial charge in [0.25, 0.3) is 0 Å². The highest BCUT2D eigenvalue weighted by Gasteiger charge is 2.31. The monoisotopic (exact) mass is 520 g/mol. The van der Waals surface area contributed by atoms with E-state index in [1.807, 2.05) is 12.1 Å². The highest BCUT2D eigenvalue weighted by atomic mass is 32.2. The zero-order chi connectivity index (χ0) is 26.7. The van der Waals surface area contributed by atoms with Gasteiger partial charge in [-0.15, -0.1) is 0 Å². The van der Waals surface area contributed by atoms with Crippen LogP contribution in [0.2, 0.25) is 0 Å². The maximum Gasteiger partial charge on any atom is 0.248 e. The van der Waals surface area contributed by atoms with Gasteiger partial charge in [0.15, 0.2) is 0 Å². The van der Waals surface area contributed by atoms with E-state index in [1.165, 1.54) is 27.7 Å². The number of rotatable bonds is 8. The molecule has 1 fully saturated rings. The Morgan fingerprint density at radius 1 is 1.11 bits per heavy atom. The van der Waals surface area contributed by atoms with Crippen molar-refractivity contribution in [1.29, 1.82) is 0 Å². The number of nitrogens with zero attached hydrogens (tertiary/aromatic N) is 2. The lowest BCUT2D eigenvalue weighted by atomic mass is 9.88. The lowest BCUT2D eigenvalue weighted by Crippen LogP contribution is -2.51. The highest BCUT2D eigenvalue weighted by molar-refractivity contribution is 7.80. The molecule has 2 amide bonds. The Balaban J connectivity index is 1.76. The van der Waals surface area contributed by atoms with Crippen molar-refractivity contribution in [2.45, 2.75) is 64.3 Å². The number of thiol groups is 1. The van der Waals surface area contributed by atoms with E-state index in [2.05, 4.69) is 61.6 Å². The third kappa shape index (κ3) is 7.61. The van der Waals surface area contributed by atoms with E-state index < -0.39 is 5.91 Å². The number of phenols is 1. The fourth-order valence-corrected chi connectivity index (χ4v) is 5.62. The van der Waals surface area contributed by atoms with Crippen molar-refractivity contribution in [2.24, 2.45) is 11.3 Å². The Bertz CT molecular complexity index is 1080. The normalized spacial score (nSPS) is 15.5. The Kier molecular flexibility index (Phi) is 8.97. The number of aromatic amines is 1. The topological polar surface area (TPSA) is 124 Å². The predicted molar refractivity (Wildman–Crippen MR) is 145 cm³/mol. The molecular formula is C26H42N5O4S+. The minimum absolute atomic E-state index is 0.0723. The Hall–Kier alpha value is -2.27. The van der Waals surface area contributed by atoms with Crippen molar-refractivity contribution in [3.8, 4) is 5.75 Å². The number of aromatic hydroxyl groups is 1. The second kappa shape index (κ2) is 11.4. The largest absolute Gasteiger partial charge is 0.508 e. The van der Waals surface area contributed by atoms with Gasteiger partial charge in [0.05, 0.1) is 12.1 Å². The number of amides is 2. The van der Waals surface area contributed by atoms with E-state index in [0.29, 0.717) is 32.7 Å². The minimum atomic E-state index is -0.421. The van der Waals surface area contributed by atoms with Gasteiger partial charge in [-0.1, -0.05) is 20.8 Å². The molecule has 0 spiro atoms. The average Bonchev–Trinajstić information content (AvgIpc) is 3.08. The summed E-state index contributed by atoms with van der Waals surface area (Å²) < 4.78 is 0.107. The third-order valence-electron chi connectivity index (χ3n) is 6.05. The summed E-state index contributed by atoms with van der Waals surface area (Å²) in [5.74, 6) is 4.62. The number of benzene rings is 1. The molecule has 0 aliphatic carbocycles. The third-order valence-corrected chi connectivity index (χ3v) is 7.33. The number of H-pyrrole nitrogens is 1.